The van der Waals surface area contributed by atoms with Gasteiger partial charge >= 0.3 is 6.09 Å². The molecule has 1 amide bonds. The van der Waals surface area contributed by atoms with Gasteiger partial charge in [-0.15, -0.1) is 0 Å². The second-order valence-electron chi connectivity index (χ2n) is 5.00. The van der Waals surface area contributed by atoms with E-state index in [1.165, 1.54) is 0 Å². The molecule has 21 heavy (non-hydrogen) atoms. The van der Waals surface area contributed by atoms with Crippen molar-refractivity contribution in [3.8, 4) is 12.1 Å². The monoisotopic (exact) mass is 285 g/mol. The Bertz CT molecular complexity index is 599. The molecule has 7 heteroatoms. The predicted octanol–water partition coefficient (Wildman–Crippen LogP) is 2.85. The fraction of sp³-hybridized carbons (Fsp3) is 0.286. The highest BCUT2D eigenvalue weighted by molar-refractivity contribution is 6.10. The Kier molecular flexibility index (Phi) is 5.27. The quantitative estimate of drug-likeness (QED) is 0.655. The first-order valence-corrected chi connectivity index (χ1v) is 6.08. The van der Waals surface area contributed by atoms with Gasteiger partial charge in [0.1, 0.15) is 17.7 Å². The molecule has 1 aromatic carbocycles. The van der Waals surface area contributed by atoms with Crippen LogP contribution in [-0.2, 0) is 4.74 Å². The van der Waals surface area contributed by atoms with Crippen molar-refractivity contribution in [2.45, 2.75) is 26.4 Å². The second-order valence-corrected chi connectivity index (χ2v) is 5.00. The summed E-state index contributed by atoms with van der Waals surface area (Å²) >= 11 is 0. The van der Waals surface area contributed by atoms with Crippen LogP contribution in [0.15, 0.2) is 29.4 Å². The van der Waals surface area contributed by atoms with Crippen molar-refractivity contribution in [3.63, 3.8) is 0 Å². The maximum atomic E-state index is 11.6. The van der Waals surface area contributed by atoms with E-state index in [2.05, 4.69) is 15.8 Å². The number of nitrogens with zero attached hydrogens (tertiary/aromatic N) is 3. The van der Waals surface area contributed by atoms with Gasteiger partial charge in [0.15, 0.2) is 0 Å². The summed E-state index contributed by atoms with van der Waals surface area (Å²) in [6, 6.07) is 9.83. The van der Waals surface area contributed by atoms with Crippen LogP contribution >= 0.6 is 0 Å². The fourth-order valence-corrected chi connectivity index (χ4v) is 1.25. The molecule has 0 atom stereocenters. The Morgan fingerprint density at radius 3 is 2.14 bits per heavy atom. The highest BCUT2D eigenvalue weighted by Crippen LogP contribution is 2.15. The van der Waals surface area contributed by atoms with E-state index in [1.54, 1.807) is 57.2 Å². The summed E-state index contributed by atoms with van der Waals surface area (Å²) in [7, 11) is 0. The van der Waals surface area contributed by atoms with Gasteiger partial charge in [0.25, 0.3) is 0 Å². The molecule has 0 spiro atoms. The molecule has 0 aliphatic rings. The van der Waals surface area contributed by atoms with Gasteiger partial charge in [-0.05, 0) is 45.0 Å². The second kappa shape index (κ2) is 6.92. The summed E-state index contributed by atoms with van der Waals surface area (Å²) in [4.78, 5) is 11.6. The van der Waals surface area contributed by atoms with Crippen molar-refractivity contribution >= 4 is 23.2 Å². The Hall–Kier alpha value is -3.06. The van der Waals surface area contributed by atoms with E-state index in [0.29, 0.717) is 11.4 Å². The van der Waals surface area contributed by atoms with Crippen LogP contribution in [0.4, 0.5) is 16.2 Å². The van der Waals surface area contributed by atoms with Crippen molar-refractivity contribution in [2.75, 3.05) is 10.7 Å². The zero-order valence-electron chi connectivity index (χ0n) is 12.0. The van der Waals surface area contributed by atoms with E-state index < -0.39 is 11.7 Å². The standard InChI is InChI=1S/C14H15N5O2/c1-14(2,3)21-13(20)17-10-4-6-11(7-5-10)18-19-12(8-15)9-16/h4-7,18H,1-3H3,(H,17,20). The molecule has 2 N–H and O–H groups in total. The Morgan fingerprint density at radius 1 is 1.14 bits per heavy atom. The third kappa shape index (κ3) is 6.08. The van der Waals surface area contributed by atoms with E-state index in [4.69, 9.17) is 15.3 Å². The molecule has 7 nitrogen and oxygen atoms in total. The smallest absolute Gasteiger partial charge is 0.412 e. The lowest BCUT2D eigenvalue weighted by Crippen LogP contribution is -2.27. The van der Waals surface area contributed by atoms with Gasteiger partial charge in [0, 0.05) is 5.69 Å². The minimum absolute atomic E-state index is 0.272. The highest BCUT2D eigenvalue weighted by atomic mass is 16.6. The zero-order chi connectivity index (χ0) is 15.9. The predicted molar refractivity (Wildman–Crippen MR) is 78.6 cm³/mol. The minimum atomic E-state index is -0.564. The van der Waals surface area contributed by atoms with Crippen LogP contribution in [0, 0.1) is 22.7 Å². The highest BCUT2D eigenvalue weighted by Gasteiger charge is 2.15. The molecule has 0 bridgehead atoms. The van der Waals surface area contributed by atoms with Gasteiger partial charge in [-0.1, -0.05) is 0 Å². The number of hydrogen-bond donors (Lipinski definition) is 2. The zero-order valence-corrected chi connectivity index (χ0v) is 12.0. The minimum Gasteiger partial charge on any atom is -0.444 e. The number of hydrazone groups is 1. The van der Waals surface area contributed by atoms with E-state index in [1.807, 2.05) is 0 Å². The molecule has 0 aliphatic carbocycles. The number of anilines is 2. The number of hydrogen-bond acceptors (Lipinski definition) is 6. The molecule has 0 radical (unpaired) electrons. The Morgan fingerprint density at radius 2 is 1.67 bits per heavy atom. The summed E-state index contributed by atoms with van der Waals surface area (Å²) in [5.74, 6) is 0. The van der Waals surface area contributed by atoms with Crippen LogP contribution in [0.1, 0.15) is 20.8 Å². The molecular formula is C14H15N5O2. The van der Waals surface area contributed by atoms with Gasteiger partial charge in [0.05, 0.1) is 5.69 Å². The van der Waals surface area contributed by atoms with Crippen molar-refractivity contribution < 1.29 is 9.53 Å². The van der Waals surface area contributed by atoms with Gasteiger partial charge in [-0.25, -0.2) is 4.79 Å². The molecule has 1 aromatic rings. The number of ether oxygens (including phenoxy) is 1. The molecule has 1 rings (SSSR count). The van der Waals surface area contributed by atoms with Crippen LogP contribution in [0.3, 0.4) is 0 Å². The van der Waals surface area contributed by atoms with E-state index in [9.17, 15) is 4.79 Å². The number of carbonyl (C=O) groups is 1. The molecule has 0 unspecified atom stereocenters. The van der Waals surface area contributed by atoms with Crippen molar-refractivity contribution in [1.29, 1.82) is 10.5 Å². The molecule has 0 saturated carbocycles. The first-order chi connectivity index (χ1) is 9.84. The molecular weight excluding hydrogens is 270 g/mol. The van der Waals surface area contributed by atoms with Gasteiger partial charge < -0.3 is 4.74 Å². The first kappa shape index (κ1) is 16.0. The number of amides is 1. The van der Waals surface area contributed by atoms with Crippen LogP contribution in [0.2, 0.25) is 0 Å². The van der Waals surface area contributed by atoms with Crippen LogP contribution < -0.4 is 10.7 Å². The normalized spacial score (nSPS) is 9.76. The summed E-state index contributed by atoms with van der Waals surface area (Å²) in [5, 5.41) is 23.3. The Labute approximate surface area is 122 Å². The van der Waals surface area contributed by atoms with Crippen molar-refractivity contribution in [3.05, 3.63) is 24.3 Å². The lowest BCUT2D eigenvalue weighted by Gasteiger charge is -2.19. The van der Waals surface area contributed by atoms with Crippen LogP contribution in [-0.4, -0.2) is 17.4 Å². The van der Waals surface area contributed by atoms with Crippen molar-refractivity contribution in [1.82, 2.24) is 0 Å². The molecule has 0 saturated heterocycles. The third-order valence-electron chi connectivity index (χ3n) is 2.04. The summed E-state index contributed by atoms with van der Waals surface area (Å²) in [6.45, 7) is 5.33. The molecule has 108 valence electrons. The van der Waals surface area contributed by atoms with E-state index in [0.717, 1.165) is 0 Å². The maximum absolute atomic E-state index is 11.6. The van der Waals surface area contributed by atoms with Gasteiger partial charge in [-0.3, -0.25) is 10.7 Å². The number of carbonyl (C=O) groups excluding carboxylic acids is 1. The van der Waals surface area contributed by atoms with Crippen LogP contribution in [0.5, 0.6) is 0 Å². The van der Waals surface area contributed by atoms with Crippen LogP contribution in [0.25, 0.3) is 0 Å². The third-order valence-corrected chi connectivity index (χ3v) is 2.04. The SMILES string of the molecule is CC(C)(C)OC(=O)Nc1ccc(NN=C(C#N)C#N)cc1. The average Bonchev–Trinajstić information content (AvgIpc) is 2.39. The Balaban J connectivity index is 2.63. The lowest BCUT2D eigenvalue weighted by molar-refractivity contribution is 0.0636. The number of nitriles is 2. The van der Waals surface area contributed by atoms with Crippen molar-refractivity contribution in [2.24, 2.45) is 5.10 Å². The number of benzene rings is 1. The molecule has 0 heterocycles. The largest absolute Gasteiger partial charge is 0.444 e. The average molecular weight is 285 g/mol. The van der Waals surface area contributed by atoms with Gasteiger partial charge in [0.2, 0.25) is 5.71 Å². The lowest BCUT2D eigenvalue weighted by atomic mass is 10.2. The fourth-order valence-electron chi connectivity index (χ4n) is 1.25. The topological polar surface area (TPSA) is 110 Å². The van der Waals surface area contributed by atoms with E-state index >= 15 is 0 Å². The van der Waals surface area contributed by atoms with E-state index in [-0.39, 0.29) is 5.71 Å². The van der Waals surface area contributed by atoms with Gasteiger partial charge in [-0.2, -0.15) is 15.6 Å². The number of rotatable bonds is 3. The number of nitrogens with one attached hydrogen (secondary N) is 2. The molecule has 0 aliphatic heterocycles. The summed E-state index contributed by atoms with van der Waals surface area (Å²) in [5.41, 5.74) is 2.86. The molecule has 0 aromatic heterocycles. The first-order valence-electron chi connectivity index (χ1n) is 6.08. The maximum Gasteiger partial charge on any atom is 0.412 e. The molecule has 0 fully saturated rings. The summed E-state index contributed by atoms with van der Waals surface area (Å²) < 4.78 is 5.12. The summed E-state index contributed by atoms with van der Waals surface area (Å²) in [6.07, 6.45) is -0.544.